The summed E-state index contributed by atoms with van der Waals surface area (Å²) in [5, 5.41) is 0.723. The summed E-state index contributed by atoms with van der Waals surface area (Å²) >= 11 is 0. The van der Waals surface area contributed by atoms with Crippen molar-refractivity contribution in [3.63, 3.8) is 0 Å². The number of aromatic nitrogens is 1. The van der Waals surface area contributed by atoms with Gasteiger partial charge in [0.2, 0.25) is 5.91 Å². The molecule has 2 aliphatic heterocycles. The van der Waals surface area contributed by atoms with Gasteiger partial charge < -0.3 is 14.7 Å². The number of halogens is 1. The molecule has 2 saturated heterocycles. The highest BCUT2D eigenvalue weighted by Gasteiger charge is 2.41. The third-order valence-electron chi connectivity index (χ3n) is 8.51. The molecule has 2 aromatic rings. The fourth-order valence-corrected chi connectivity index (χ4v) is 6.37. The van der Waals surface area contributed by atoms with E-state index in [4.69, 9.17) is 0 Å². The summed E-state index contributed by atoms with van der Waals surface area (Å²) in [7, 11) is 0. The molecule has 1 aromatic carbocycles. The zero-order valence-corrected chi connectivity index (χ0v) is 21.8. The molecule has 2 amide bonds. The first-order valence-corrected chi connectivity index (χ1v) is 13.9. The van der Waals surface area contributed by atoms with Gasteiger partial charge in [0.15, 0.2) is 0 Å². The second kappa shape index (κ2) is 10.3. The van der Waals surface area contributed by atoms with E-state index in [2.05, 4.69) is 9.88 Å². The van der Waals surface area contributed by atoms with Crippen molar-refractivity contribution in [2.75, 3.05) is 44.2 Å². The standard InChI is InChI=1S/C27H33FN4O2.C2H6/c28-20-6-7-23-21(16-20)24(32-11-10-27(18-32)8-2-1-3-9-27)22(17-29-23)26(34)31-14-12-30(13-15-31)25(33)19-4-5-19;1-2/h6-7,16-17,19H,1-5,8-15,18H2;1-2H3. The van der Waals surface area contributed by atoms with Crippen molar-refractivity contribution >= 4 is 28.4 Å². The Morgan fingerprint density at radius 2 is 1.64 bits per heavy atom. The maximum atomic E-state index is 14.3. The lowest BCUT2D eigenvalue weighted by molar-refractivity contribution is -0.134. The van der Waals surface area contributed by atoms with E-state index in [0.717, 1.165) is 48.9 Å². The molecule has 6 rings (SSSR count). The van der Waals surface area contributed by atoms with Gasteiger partial charge in [-0.05, 0) is 55.7 Å². The van der Waals surface area contributed by atoms with Crippen molar-refractivity contribution in [3.8, 4) is 0 Å². The second-order valence-electron chi connectivity index (χ2n) is 10.8. The van der Waals surface area contributed by atoms with Crippen LogP contribution in [0.2, 0.25) is 0 Å². The number of hydrogen-bond donors (Lipinski definition) is 0. The van der Waals surface area contributed by atoms with Crippen LogP contribution < -0.4 is 4.90 Å². The maximum Gasteiger partial charge on any atom is 0.257 e. The molecule has 0 radical (unpaired) electrons. The van der Waals surface area contributed by atoms with E-state index in [9.17, 15) is 14.0 Å². The van der Waals surface area contributed by atoms with Crippen LogP contribution in [-0.2, 0) is 4.79 Å². The minimum Gasteiger partial charge on any atom is -0.370 e. The van der Waals surface area contributed by atoms with E-state index >= 15 is 0 Å². The average molecular weight is 495 g/mol. The van der Waals surface area contributed by atoms with E-state index < -0.39 is 0 Å². The molecule has 2 aliphatic carbocycles. The largest absolute Gasteiger partial charge is 0.370 e. The first-order valence-electron chi connectivity index (χ1n) is 13.9. The fourth-order valence-electron chi connectivity index (χ4n) is 6.37. The molecule has 0 N–H and O–H groups in total. The van der Waals surface area contributed by atoms with E-state index in [-0.39, 0.29) is 23.5 Å². The highest BCUT2D eigenvalue weighted by molar-refractivity contribution is 6.07. The summed E-state index contributed by atoms with van der Waals surface area (Å²) in [6.07, 6.45) is 11.1. The Hall–Kier alpha value is -2.70. The monoisotopic (exact) mass is 494 g/mol. The predicted octanol–water partition coefficient (Wildman–Crippen LogP) is 5.26. The van der Waals surface area contributed by atoms with Crippen LogP contribution in [0.3, 0.4) is 0 Å². The minimum atomic E-state index is -0.307. The molecule has 2 saturated carbocycles. The summed E-state index contributed by atoms with van der Waals surface area (Å²) in [6, 6.07) is 4.67. The number of nitrogens with zero attached hydrogens (tertiary/aromatic N) is 4. The first kappa shape index (κ1) is 25.0. The Kier molecular flexibility index (Phi) is 7.18. The van der Waals surface area contributed by atoms with Crippen molar-refractivity contribution in [1.82, 2.24) is 14.8 Å². The van der Waals surface area contributed by atoms with Crippen molar-refractivity contribution in [2.24, 2.45) is 11.3 Å². The predicted molar refractivity (Wildman–Crippen MR) is 141 cm³/mol. The number of hydrogen-bond acceptors (Lipinski definition) is 4. The topological polar surface area (TPSA) is 56.8 Å². The van der Waals surface area contributed by atoms with Gasteiger partial charge in [-0.1, -0.05) is 33.1 Å². The number of piperazine rings is 1. The molecule has 1 spiro atoms. The van der Waals surface area contributed by atoms with Crippen molar-refractivity contribution in [1.29, 1.82) is 0 Å². The molecule has 0 unspecified atom stereocenters. The van der Waals surface area contributed by atoms with E-state index in [1.807, 2.05) is 23.6 Å². The highest BCUT2D eigenvalue weighted by atomic mass is 19.1. The van der Waals surface area contributed by atoms with Crippen LogP contribution in [0.4, 0.5) is 10.1 Å². The normalized spacial score (nSPS) is 21.5. The molecular weight excluding hydrogens is 455 g/mol. The Balaban J connectivity index is 0.00000130. The number of anilines is 1. The van der Waals surface area contributed by atoms with Crippen LogP contribution in [0, 0.1) is 17.2 Å². The quantitative estimate of drug-likeness (QED) is 0.585. The summed E-state index contributed by atoms with van der Waals surface area (Å²) in [4.78, 5) is 36.8. The van der Waals surface area contributed by atoms with Crippen molar-refractivity contribution in [2.45, 2.75) is 65.2 Å². The summed E-state index contributed by atoms with van der Waals surface area (Å²) in [5.74, 6) is 0.0805. The molecule has 1 aromatic heterocycles. The van der Waals surface area contributed by atoms with Crippen LogP contribution in [0.25, 0.3) is 10.9 Å². The van der Waals surface area contributed by atoms with Crippen LogP contribution in [0.5, 0.6) is 0 Å². The number of amides is 2. The maximum absolute atomic E-state index is 14.3. The van der Waals surface area contributed by atoms with E-state index in [0.29, 0.717) is 37.2 Å². The molecule has 194 valence electrons. The van der Waals surface area contributed by atoms with Gasteiger partial charge in [-0.15, -0.1) is 0 Å². The zero-order chi connectivity index (χ0) is 25.3. The van der Waals surface area contributed by atoms with Crippen LogP contribution in [0.1, 0.15) is 75.6 Å². The minimum absolute atomic E-state index is 0.0585. The van der Waals surface area contributed by atoms with Gasteiger partial charge in [0.05, 0.1) is 16.8 Å². The molecule has 36 heavy (non-hydrogen) atoms. The van der Waals surface area contributed by atoms with E-state index in [1.165, 1.54) is 44.2 Å². The number of carbonyl (C=O) groups excluding carboxylic acids is 2. The third-order valence-corrected chi connectivity index (χ3v) is 8.51. The fraction of sp³-hybridized carbons (Fsp3) is 0.621. The van der Waals surface area contributed by atoms with Crippen molar-refractivity contribution < 1.29 is 14.0 Å². The molecular formula is C29H39FN4O2. The summed E-state index contributed by atoms with van der Waals surface area (Å²) < 4.78 is 14.3. The third kappa shape index (κ3) is 4.81. The van der Waals surface area contributed by atoms with Gasteiger partial charge in [0, 0.05) is 56.8 Å². The molecule has 3 heterocycles. The molecule has 6 nitrogen and oxygen atoms in total. The molecule has 0 atom stereocenters. The van der Waals surface area contributed by atoms with Crippen LogP contribution in [-0.4, -0.2) is 65.9 Å². The van der Waals surface area contributed by atoms with Gasteiger partial charge in [0.1, 0.15) is 5.82 Å². The number of rotatable bonds is 3. The smallest absolute Gasteiger partial charge is 0.257 e. The molecule has 4 fully saturated rings. The van der Waals surface area contributed by atoms with E-state index in [1.54, 1.807) is 12.3 Å². The van der Waals surface area contributed by atoms with Gasteiger partial charge in [-0.3, -0.25) is 14.6 Å². The van der Waals surface area contributed by atoms with Crippen LogP contribution >= 0.6 is 0 Å². The number of carbonyl (C=O) groups is 2. The zero-order valence-electron chi connectivity index (χ0n) is 21.8. The van der Waals surface area contributed by atoms with Gasteiger partial charge in [-0.25, -0.2) is 4.39 Å². The lowest BCUT2D eigenvalue weighted by Gasteiger charge is -2.36. The first-order chi connectivity index (χ1) is 17.5. The highest BCUT2D eigenvalue weighted by Crippen LogP contribution is 2.46. The SMILES string of the molecule is CC.O=C(c1cnc2ccc(F)cc2c1N1CCC2(CCCCC2)C1)N1CCN(C(=O)C2CC2)CC1. The number of fused-ring (bicyclic) bond motifs is 1. The Morgan fingerprint density at radius 3 is 2.33 bits per heavy atom. The molecule has 0 bridgehead atoms. The van der Waals surface area contributed by atoms with Gasteiger partial charge in [-0.2, -0.15) is 0 Å². The lowest BCUT2D eigenvalue weighted by Crippen LogP contribution is -2.51. The molecule has 7 heteroatoms. The lowest BCUT2D eigenvalue weighted by atomic mass is 9.73. The van der Waals surface area contributed by atoms with Crippen LogP contribution in [0.15, 0.2) is 24.4 Å². The second-order valence-corrected chi connectivity index (χ2v) is 10.8. The number of pyridine rings is 1. The Morgan fingerprint density at radius 1 is 0.944 bits per heavy atom. The summed E-state index contributed by atoms with van der Waals surface area (Å²) in [5.41, 5.74) is 2.44. The van der Waals surface area contributed by atoms with Crippen molar-refractivity contribution in [3.05, 3.63) is 35.8 Å². The summed E-state index contributed by atoms with van der Waals surface area (Å²) in [6.45, 7) is 8.04. The average Bonchev–Trinajstić information content (AvgIpc) is 3.70. The van der Waals surface area contributed by atoms with Gasteiger partial charge in [0.25, 0.3) is 5.91 Å². The Bertz CT molecular complexity index is 1120. The van der Waals surface area contributed by atoms with Gasteiger partial charge >= 0.3 is 0 Å². The molecule has 4 aliphatic rings. The number of benzene rings is 1. The Labute approximate surface area is 213 Å².